The number of carbonyl (C=O) groups excluding carboxylic acids is 4. The average Bonchev–Trinajstić information content (AvgIpc) is 3.34. The molecule has 4 aliphatic heterocycles. The van der Waals surface area contributed by atoms with Gasteiger partial charge in [-0.2, -0.15) is 0 Å². The molecule has 1 saturated carbocycles. The molecular formula is C36H48N4O6. The molecule has 2 N–H and O–H groups in total. The fourth-order valence-corrected chi connectivity index (χ4v) is 7.30. The minimum absolute atomic E-state index is 0.0851. The molecular weight excluding hydrogens is 584 g/mol. The van der Waals surface area contributed by atoms with E-state index < -0.39 is 30.4 Å². The van der Waals surface area contributed by atoms with Crippen LogP contribution in [-0.4, -0.2) is 70.7 Å². The maximum absolute atomic E-state index is 14.2. The Labute approximate surface area is 271 Å². The minimum Gasteiger partial charge on any atom is -0.449 e. The molecule has 1 saturated heterocycles. The molecule has 10 heteroatoms. The van der Waals surface area contributed by atoms with Crippen molar-refractivity contribution in [3.63, 3.8) is 0 Å². The lowest BCUT2D eigenvalue weighted by atomic mass is 10.0. The second-order valence-corrected chi connectivity index (χ2v) is 14.1. The maximum atomic E-state index is 14.2. The summed E-state index contributed by atoms with van der Waals surface area (Å²) in [5.74, 6) is -0.175. The molecule has 0 radical (unpaired) electrons. The Bertz CT molecular complexity index is 1390. The van der Waals surface area contributed by atoms with Crippen molar-refractivity contribution < 1.29 is 28.7 Å². The van der Waals surface area contributed by atoms with Crippen molar-refractivity contribution in [2.24, 2.45) is 11.8 Å². The second kappa shape index (κ2) is 13.9. The Morgan fingerprint density at radius 1 is 0.978 bits per heavy atom. The van der Waals surface area contributed by atoms with Gasteiger partial charge in [-0.25, -0.2) is 9.59 Å². The Morgan fingerprint density at radius 2 is 1.83 bits per heavy atom. The van der Waals surface area contributed by atoms with Crippen LogP contribution in [0.25, 0.3) is 6.08 Å². The quantitative estimate of drug-likeness (QED) is 0.368. The van der Waals surface area contributed by atoms with E-state index in [-0.39, 0.29) is 48.8 Å². The van der Waals surface area contributed by atoms with Crippen molar-refractivity contribution >= 4 is 30.1 Å². The number of carbonyl (C=O) groups is 4. The van der Waals surface area contributed by atoms with Crippen LogP contribution in [0.3, 0.4) is 0 Å². The number of amides is 4. The molecule has 1 aromatic rings. The molecule has 46 heavy (non-hydrogen) atoms. The van der Waals surface area contributed by atoms with Crippen molar-refractivity contribution in [3.05, 3.63) is 53.1 Å². The van der Waals surface area contributed by atoms with Gasteiger partial charge < -0.3 is 25.0 Å². The summed E-state index contributed by atoms with van der Waals surface area (Å²) in [5, 5.41) is 6.03. The normalized spacial score (nSPS) is 34.1. The molecule has 0 aromatic heterocycles. The first-order valence-corrected chi connectivity index (χ1v) is 17.2. The molecule has 5 bridgehead atoms. The van der Waals surface area contributed by atoms with Crippen molar-refractivity contribution in [1.82, 2.24) is 20.4 Å². The number of allylic oxidation sites excluding steroid dienone is 2. The van der Waals surface area contributed by atoms with E-state index in [4.69, 9.17) is 9.47 Å². The van der Waals surface area contributed by atoms with E-state index in [0.717, 1.165) is 68.1 Å². The van der Waals surface area contributed by atoms with E-state index in [9.17, 15) is 19.2 Å². The third-order valence-electron chi connectivity index (χ3n) is 10.3. The van der Waals surface area contributed by atoms with Gasteiger partial charge in [0.2, 0.25) is 11.8 Å². The zero-order valence-electron chi connectivity index (χ0n) is 27.2. The van der Waals surface area contributed by atoms with Crippen molar-refractivity contribution in [2.75, 3.05) is 13.2 Å². The summed E-state index contributed by atoms with van der Waals surface area (Å²) in [4.78, 5) is 57.7. The number of hydrogen-bond donors (Lipinski definition) is 2. The van der Waals surface area contributed by atoms with Gasteiger partial charge in [0.25, 0.3) is 0 Å². The third-order valence-corrected chi connectivity index (χ3v) is 10.3. The number of hydrogen-bond acceptors (Lipinski definition) is 6. The largest absolute Gasteiger partial charge is 0.449 e. The maximum Gasteiger partial charge on any atom is 0.410 e. The summed E-state index contributed by atoms with van der Waals surface area (Å²) in [5.41, 5.74) is 2.94. The molecule has 6 rings (SSSR count). The highest BCUT2D eigenvalue weighted by atomic mass is 16.6. The van der Waals surface area contributed by atoms with Crippen LogP contribution in [0.2, 0.25) is 0 Å². The SMILES string of the molecule is C[C@H]1CCC/C=C\c2cccc3c2CN(C3)C(=O)O[C@@H]2C[C@H]3C(=O)N[C@]4(C)C[C@@H]4/C=C\CCCCC[C@H](NC(=O)OC1)C(=O)N3C2. The summed E-state index contributed by atoms with van der Waals surface area (Å²) < 4.78 is 11.6. The van der Waals surface area contributed by atoms with Crippen LogP contribution in [0, 0.1) is 11.8 Å². The van der Waals surface area contributed by atoms with Crippen LogP contribution in [0.1, 0.15) is 94.7 Å². The summed E-state index contributed by atoms with van der Waals surface area (Å²) in [6.45, 7) is 5.34. The van der Waals surface area contributed by atoms with E-state index in [2.05, 4.69) is 47.9 Å². The predicted molar refractivity (Wildman–Crippen MR) is 173 cm³/mol. The van der Waals surface area contributed by atoms with Gasteiger partial charge in [0.15, 0.2) is 0 Å². The van der Waals surface area contributed by atoms with Crippen LogP contribution >= 0.6 is 0 Å². The molecule has 4 amide bonds. The highest BCUT2D eigenvalue weighted by molar-refractivity contribution is 5.92. The minimum atomic E-state index is -0.844. The predicted octanol–water partition coefficient (Wildman–Crippen LogP) is 5.45. The summed E-state index contributed by atoms with van der Waals surface area (Å²) in [7, 11) is 0. The lowest BCUT2D eigenvalue weighted by Crippen LogP contribution is -2.55. The molecule has 2 fully saturated rings. The van der Waals surface area contributed by atoms with Gasteiger partial charge in [-0.1, -0.05) is 62.3 Å². The van der Waals surface area contributed by atoms with Gasteiger partial charge in [0.1, 0.15) is 18.2 Å². The number of nitrogens with zero attached hydrogens (tertiary/aromatic N) is 2. The second-order valence-electron chi connectivity index (χ2n) is 14.1. The molecule has 0 spiro atoms. The summed E-state index contributed by atoms with van der Waals surface area (Å²) in [6, 6.07) is 4.47. The lowest BCUT2D eigenvalue weighted by Gasteiger charge is -2.29. The Morgan fingerprint density at radius 3 is 2.70 bits per heavy atom. The zero-order valence-corrected chi connectivity index (χ0v) is 27.2. The fourth-order valence-electron chi connectivity index (χ4n) is 7.30. The van der Waals surface area contributed by atoms with Gasteiger partial charge >= 0.3 is 12.2 Å². The summed E-state index contributed by atoms with van der Waals surface area (Å²) >= 11 is 0. The standard InChI is InChI=1S/C36H48N4O6/c1-24-12-7-6-8-13-25-14-11-15-26-20-39(22-29(25)26)35(44)46-28-18-31-32(41)38-36(2)19-27(36)16-9-4-3-5-10-17-30(33(42)40(31)21-28)37-34(43)45-23-24/h8-9,11,13-16,24,27-28,30-31H,3-7,10,12,17-23H2,1-2H3,(H,37,43)(H,38,41)/b13-8-,16-9-/t24-,27-,28+,30-,31-,36+/m0/s1. The van der Waals surface area contributed by atoms with Crippen molar-refractivity contribution in [3.8, 4) is 0 Å². The Kier molecular flexibility index (Phi) is 9.70. The van der Waals surface area contributed by atoms with Crippen LogP contribution < -0.4 is 10.6 Å². The van der Waals surface area contributed by atoms with Crippen molar-refractivity contribution in [2.45, 2.75) is 115 Å². The van der Waals surface area contributed by atoms with Gasteiger partial charge in [-0.05, 0) is 74.5 Å². The molecule has 5 aliphatic rings. The third kappa shape index (κ3) is 7.42. The molecule has 1 aromatic carbocycles. The van der Waals surface area contributed by atoms with Crippen LogP contribution in [-0.2, 0) is 32.2 Å². The fraction of sp³-hybridized carbons (Fsp3) is 0.611. The van der Waals surface area contributed by atoms with E-state index in [1.165, 1.54) is 4.90 Å². The van der Waals surface area contributed by atoms with Crippen LogP contribution in [0.5, 0.6) is 0 Å². The first-order valence-electron chi connectivity index (χ1n) is 17.2. The topological polar surface area (TPSA) is 117 Å². The first kappa shape index (κ1) is 32.1. The van der Waals surface area contributed by atoms with E-state index in [0.29, 0.717) is 19.5 Å². The van der Waals surface area contributed by atoms with E-state index in [1.807, 2.05) is 19.1 Å². The Balaban J connectivity index is 1.26. The van der Waals surface area contributed by atoms with Gasteiger partial charge in [0.05, 0.1) is 19.7 Å². The molecule has 0 unspecified atom stereocenters. The Hall–Kier alpha value is -3.82. The molecule has 10 nitrogen and oxygen atoms in total. The first-order chi connectivity index (χ1) is 22.2. The highest BCUT2D eigenvalue weighted by Crippen LogP contribution is 2.44. The number of rotatable bonds is 0. The number of ether oxygens (including phenoxy) is 2. The summed E-state index contributed by atoms with van der Waals surface area (Å²) in [6.07, 6.45) is 14.7. The molecule has 1 aliphatic carbocycles. The number of benzene rings is 1. The monoisotopic (exact) mass is 632 g/mol. The van der Waals surface area contributed by atoms with Gasteiger partial charge in [0, 0.05) is 24.4 Å². The number of alkyl carbamates (subject to hydrolysis) is 1. The molecule has 4 heterocycles. The van der Waals surface area contributed by atoms with E-state index in [1.54, 1.807) is 4.90 Å². The number of cyclic esters (lactones) is 1. The van der Waals surface area contributed by atoms with Crippen LogP contribution in [0.4, 0.5) is 9.59 Å². The van der Waals surface area contributed by atoms with Crippen molar-refractivity contribution in [1.29, 1.82) is 0 Å². The average molecular weight is 633 g/mol. The van der Waals surface area contributed by atoms with Crippen LogP contribution in [0.15, 0.2) is 36.4 Å². The number of nitrogens with one attached hydrogen (secondary N) is 2. The van der Waals surface area contributed by atoms with E-state index >= 15 is 0 Å². The van der Waals surface area contributed by atoms with Gasteiger partial charge in [-0.15, -0.1) is 0 Å². The lowest BCUT2D eigenvalue weighted by molar-refractivity contribution is -0.140. The smallest absolute Gasteiger partial charge is 0.410 e. The molecule has 248 valence electrons. The molecule has 6 atom stereocenters. The highest BCUT2D eigenvalue weighted by Gasteiger charge is 2.52. The van der Waals surface area contributed by atoms with Gasteiger partial charge in [-0.3, -0.25) is 14.5 Å². The number of fused-ring (bicyclic) bond motifs is 4. The zero-order chi connectivity index (χ0) is 32.3.